The van der Waals surface area contributed by atoms with E-state index in [1.165, 1.54) is 0 Å². The van der Waals surface area contributed by atoms with Crippen molar-refractivity contribution in [3.05, 3.63) is 138 Å². The van der Waals surface area contributed by atoms with Crippen LogP contribution in [-0.4, -0.2) is 50.8 Å². The van der Waals surface area contributed by atoms with Gasteiger partial charge in [0.2, 0.25) is 0 Å². The summed E-state index contributed by atoms with van der Waals surface area (Å²) in [6.45, 7) is 4.59. The standard InChI is InChI=1S/C36H39ClN2O6S/c1-26-18-20-31(21-19-26)46(40,41)39-27(2)38-36-33(37)35(44-24-30-16-10-5-11-17-30)34(43-23-29-14-8-4-9-15-29)32(45-36)25-42-22-28-12-6-3-7-13-28/h3-21,32-36H,22-25H2,1-2H3,(H,38,39)/t32-,33-,34-,35-,36?/m0/s1. The van der Waals surface area contributed by atoms with Crippen LogP contribution in [0.1, 0.15) is 29.2 Å². The smallest absolute Gasteiger partial charge is 0.262 e. The van der Waals surface area contributed by atoms with Gasteiger partial charge < -0.3 is 18.9 Å². The first-order valence-corrected chi connectivity index (χ1v) is 17.1. The SMILES string of the molecule is C/C(=N/C1O[C@@H](COCc2ccccc2)[C@H](OCc2ccccc2)[C@@H](OCc2ccccc2)[C@@H]1Cl)NS(=O)(=O)c1ccc(C)cc1. The topological polar surface area (TPSA) is 95.4 Å². The van der Waals surface area contributed by atoms with Crippen LogP contribution in [0, 0.1) is 6.92 Å². The largest absolute Gasteiger partial charge is 0.374 e. The highest BCUT2D eigenvalue weighted by Crippen LogP contribution is 2.32. The number of hydrogen-bond acceptors (Lipinski definition) is 7. The van der Waals surface area contributed by atoms with Gasteiger partial charge in [0, 0.05) is 0 Å². The van der Waals surface area contributed by atoms with Gasteiger partial charge in [0.1, 0.15) is 29.5 Å². The molecule has 1 aliphatic rings. The molecule has 0 amide bonds. The van der Waals surface area contributed by atoms with Gasteiger partial charge in [-0.1, -0.05) is 109 Å². The number of ether oxygens (including phenoxy) is 4. The van der Waals surface area contributed by atoms with E-state index in [0.717, 1.165) is 22.3 Å². The van der Waals surface area contributed by atoms with Gasteiger partial charge in [0.05, 0.1) is 31.3 Å². The lowest BCUT2D eigenvalue weighted by Gasteiger charge is -2.43. The van der Waals surface area contributed by atoms with Crippen LogP contribution in [0.3, 0.4) is 0 Å². The molecule has 1 fully saturated rings. The third-order valence-corrected chi connectivity index (χ3v) is 9.41. The Hall–Kier alpha value is -3.57. The number of alkyl halides is 1. The molecule has 0 aromatic heterocycles. The average Bonchev–Trinajstić information content (AvgIpc) is 3.06. The van der Waals surface area contributed by atoms with Crippen molar-refractivity contribution in [3.63, 3.8) is 0 Å². The molecule has 0 spiro atoms. The molecule has 5 atom stereocenters. The molecule has 1 unspecified atom stereocenters. The van der Waals surface area contributed by atoms with Crippen LogP contribution < -0.4 is 4.72 Å². The lowest BCUT2D eigenvalue weighted by molar-refractivity contribution is -0.216. The van der Waals surface area contributed by atoms with Crippen molar-refractivity contribution in [3.8, 4) is 0 Å². The second-order valence-corrected chi connectivity index (χ2v) is 13.4. The van der Waals surface area contributed by atoms with E-state index < -0.39 is 39.9 Å². The van der Waals surface area contributed by atoms with E-state index in [4.69, 9.17) is 30.5 Å². The van der Waals surface area contributed by atoms with Crippen molar-refractivity contribution in [1.82, 2.24) is 4.72 Å². The van der Waals surface area contributed by atoms with Gasteiger partial charge in [-0.25, -0.2) is 13.4 Å². The molecule has 1 saturated heterocycles. The predicted octanol–water partition coefficient (Wildman–Crippen LogP) is 6.41. The number of aliphatic imine (C=N–C) groups is 1. The molecule has 46 heavy (non-hydrogen) atoms. The highest BCUT2D eigenvalue weighted by molar-refractivity contribution is 7.90. The van der Waals surface area contributed by atoms with E-state index in [-0.39, 0.29) is 23.9 Å². The Bertz CT molecular complexity index is 1640. The van der Waals surface area contributed by atoms with E-state index in [9.17, 15) is 8.42 Å². The molecule has 0 aliphatic carbocycles. The second-order valence-electron chi connectivity index (χ2n) is 11.2. The van der Waals surface area contributed by atoms with Crippen molar-refractivity contribution in [2.45, 2.75) is 68.5 Å². The summed E-state index contributed by atoms with van der Waals surface area (Å²) >= 11 is 7.08. The molecule has 1 heterocycles. The Balaban J connectivity index is 1.40. The fourth-order valence-corrected chi connectivity index (χ4v) is 6.49. The molecular weight excluding hydrogens is 624 g/mol. The Morgan fingerprint density at radius 1 is 0.761 bits per heavy atom. The van der Waals surface area contributed by atoms with E-state index >= 15 is 0 Å². The highest BCUT2D eigenvalue weighted by Gasteiger charge is 2.47. The van der Waals surface area contributed by atoms with Gasteiger partial charge in [-0.05, 0) is 42.7 Å². The predicted molar refractivity (Wildman–Crippen MR) is 179 cm³/mol. The zero-order chi connectivity index (χ0) is 32.4. The Morgan fingerprint density at radius 2 is 1.26 bits per heavy atom. The van der Waals surface area contributed by atoms with Gasteiger partial charge >= 0.3 is 0 Å². The van der Waals surface area contributed by atoms with E-state index in [0.29, 0.717) is 13.2 Å². The first kappa shape index (κ1) is 33.8. The summed E-state index contributed by atoms with van der Waals surface area (Å²) in [6.07, 6.45) is -2.86. The van der Waals surface area contributed by atoms with Crippen molar-refractivity contribution < 1.29 is 27.4 Å². The lowest BCUT2D eigenvalue weighted by atomic mass is 9.99. The Kier molecular flexibility index (Phi) is 12.0. The first-order valence-electron chi connectivity index (χ1n) is 15.1. The van der Waals surface area contributed by atoms with E-state index in [2.05, 4.69) is 9.71 Å². The summed E-state index contributed by atoms with van der Waals surface area (Å²) in [5.74, 6) is 0.130. The number of nitrogens with one attached hydrogen (secondary N) is 1. The number of rotatable bonds is 13. The summed E-state index contributed by atoms with van der Waals surface area (Å²) in [4.78, 5) is 4.73. The van der Waals surface area contributed by atoms with Crippen molar-refractivity contribution in [1.29, 1.82) is 0 Å². The molecule has 0 radical (unpaired) electrons. The second kappa shape index (κ2) is 16.3. The van der Waals surface area contributed by atoms with Crippen molar-refractivity contribution in [2.24, 2.45) is 4.99 Å². The molecule has 4 aromatic carbocycles. The maximum Gasteiger partial charge on any atom is 0.262 e. The zero-order valence-corrected chi connectivity index (χ0v) is 27.4. The molecule has 0 saturated carbocycles. The van der Waals surface area contributed by atoms with Gasteiger partial charge in [0.25, 0.3) is 10.0 Å². The molecular formula is C36H39ClN2O6S. The number of nitrogens with zero attached hydrogens (tertiary/aromatic N) is 1. The maximum absolute atomic E-state index is 13.1. The summed E-state index contributed by atoms with van der Waals surface area (Å²) in [5, 5.41) is -0.811. The number of hydrogen-bond donors (Lipinski definition) is 1. The lowest BCUT2D eigenvalue weighted by Crippen LogP contribution is -2.58. The molecule has 4 aromatic rings. The number of halogens is 1. The fraction of sp³-hybridized carbons (Fsp3) is 0.306. The molecule has 8 nitrogen and oxygen atoms in total. The summed E-state index contributed by atoms with van der Waals surface area (Å²) < 4.78 is 54.2. The maximum atomic E-state index is 13.1. The highest BCUT2D eigenvalue weighted by atomic mass is 35.5. The summed E-state index contributed by atoms with van der Waals surface area (Å²) in [6, 6.07) is 36.0. The van der Waals surface area contributed by atoms with Crippen LogP contribution in [0.2, 0.25) is 0 Å². The number of benzene rings is 4. The van der Waals surface area contributed by atoms with Crippen LogP contribution in [0.5, 0.6) is 0 Å². The third-order valence-electron chi connectivity index (χ3n) is 7.49. The van der Waals surface area contributed by atoms with Crippen LogP contribution >= 0.6 is 11.6 Å². The quantitative estimate of drug-likeness (QED) is 0.101. The van der Waals surface area contributed by atoms with Gasteiger partial charge in [0.15, 0.2) is 6.23 Å². The van der Waals surface area contributed by atoms with E-state index in [1.54, 1.807) is 31.2 Å². The summed E-state index contributed by atoms with van der Waals surface area (Å²) in [5.41, 5.74) is 3.93. The molecule has 242 valence electrons. The van der Waals surface area contributed by atoms with Gasteiger partial charge in [-0.2, -0.15) is 0 Å². The average molecular weight is 663 g/mol. The first-order chi connectivity index (χ1) is 22.3. The molecule has 10 heteroatoms. The van der Waals surface area contributed by atoms with E-state index in [1.807, 2.05) is 97.9 Å². The molecule has 0 bridgehead atoms. The summed E-state index contributed by atoms with van der Waals surface area (Å²) in [7, 11) is -3.87. The number of amidine groups is 1. The third kappa shape index (κ3) is 9.48. The minimum absolute atomic E-state index is 0.130. The monoisotopic (exact) mass is 662 g/mol. The van der Waals surface area contributed by atoms with Crippen LogP contribution in [0.4, 0.5) is 0 Å². The van der Waals surface area contributed by atoms with Gasteiger partial charge in [-0.15, -0.1) is 11.6 Å². The normalized spacial score (nSPS) is 22.0. The van der Waals surface area contributed by atoms with Crippen molar-refractivity contribution >= 4 is 27.5 Å². The molecule has 1 aliphatic heterocycles. The fourth-order valence-electron chi connectivity index (χ4n) is 5.10. The van der Waals surface area contributed by atoms with Crippen LogP contribution in [0.25, 0.3) is 0 Å². The minimum atomic E-state index is -3.87. The van der Waals surface area contributed by atoms with Crippen LogP contribution in [0.15, 0.2) is 125 Å². The number of sulfonamides is 1. The zero-order valence-electron chi connectivity index (χ0n) is 25.9. The Labute approximate surface area is 276 Å². The van der Waals surface area contributed by atoms with Crippen molar-refractivity contribution in [2.75, 3.05) is 6.61 Å². The van der Waals surface area contributed by atoms with Gasteiger partial charge in [-0.3, -0.25) is 4.72 Å². The molecule has 5 rings (SSSR count). The molecule has 1 N–H and O–H groups in total. The number of aryl methyl sites for hydroxylation is 1. The minimum Gasteiger partial charge on any atom is -0.374 e. The Morgan fingerprint density at radius 3 is 1.80 bits per heavy atom. The van der Waals surface area contributed by atoms with Crippen LogP contribution in [-0.2, 0) is 48.8 Å².